The van der Waals surface area contributed by atoms with E-state index in [0.717, 1.165) is 29.1 Å². The number of nitrogens with zero attached hydrogens (tertiary/aromatic N) is 1. The van der Waals surface area contributed by atoms with Crippen molar-refractivity contribution < 1.29 is 0 Å². The van der Waals surface area contributed by atoms with E-state index in [2.05, 4.69) is 11.0 Å². The number of hydrogen-bond acceptors (Lipinski definition) is 1. The quantitative estimate of drug-likeness (QED) is 0.702. The van der Waals surface area contributed by atoms with Crippen molar-refractivity contribution in [3.8, 4) is 0 Å². The molecule has 0 aromatic heterocycles. The van der Waals surface area contributed by atoms with Crippen LogP contribution in [0.5, 0.6) is 0 Å². The van der Waals surface area contributed by atoms with E-state index < -0.39 is 0 Å². The fraction of sp³-hybridized carbons (Fsp3) is 0.600. The predicted octanol–water partition coefficient (Wildman–Crippen LogP) is 4.85. The van der Waals surface area contributed by atoms with Crippen molar-refractivity contribution in [2.75, 3.05) is 11.4 Å². The number of piperidine rings is 1. The zero-order valence-electron chi connectivity index (χ0n) is 10.5. The Kier molecular flexibility index (Phi) is 3.72. The first-order chi connectivity index (χ1) is 8.81. The van der Waals surface area contributed by atoms with Crippen molar-refractivity contribution in [2.24, 2.45) is 5.92 Å². The van der Waals surface area contributed by atoms with Crippen LogP contribution in [-0.2, 0) is 5.88 Å². The average Bonchev–Trinajstić information content (AvgIpc) is 2.86. The van der Waals surface area contributed by atoms with E-state index in [-0.39, 0.29) is 0 Å². The van der Waals surface area contributed by atoms with Gasteiger partial charge in [0.15, 0.2) is 0 Å². The maximum Gasteiger partial charge on any atom is 0.0509 e. The summed E-state index contributed by atoms with van der Waals surface area (Å²) in [6.45, 7) is 1.16. The summed E-state index contributed by atoms with van der Waals surface area (Å²) >= 11 is 12.4. The van der Waals surface area contributed by atoms with Crippen LogP contribution in [0, 0.1) is 5.92 Å². The molecule has 2 aliphatic rings. The Balaban J connectivity index is 1.96. The van der Waals surface area contributed by atoms with Gasteiger partial charge in [0, 0.05) is 28.9 Å². The summed E-state index contributed by atoms with van der Waals surface area (Å²) < 4.78 is 0. The van der Waals surface area contributed by atoms with E-state index in [1.165, 1.54) is 37.8 Å². The molecule has 3 heteroatoms. The number of rotatable bonds is 2. The van der Waals surface area contributed by atoms with Crippen molar-refractivity contribution in [3.05, 3.63) is 28.8 Å². The lowest BCUT2D eigenvalue weighted by Gasteiger charge is -2.40. The third kappa shape index (κ3) is 2.12. The van der Waals surface area contributed by atoms with Crippen LogP contribution in [-0.4, -0.2) is 12.6 Å². The standard InChI is InChI=1S/C15H19Cl2N/c16-10-12-13(17)6-2-8-15(12)18-9-3-5-11-4-1-7-14(11)18/h2,6,8,11,14H,1,3-5,7,9-10H2. The molecule has 2 fully saturated rings. The van der Waals surface area contributed by atoms with E-state index in [0.29, 0.717) is 5.88 Å². The van der Waals surface area contributed by atoms with Crippen LogP contribution in [0.2, 0.25) is 5.02 Å². The molecule has 0 N–H and O–H groups in total. The summed E-state index contributed by atoms with van der Waals surface area (Å²) in [6.07, 6.45) is 6.81. The first kappa shape index (κ1) is 12.6. The van der Waals surface area contributed by atoms with Crippen molar-refractivity contribution in [1.82, 2.24) is 0 Å². The highest BCUT2D eigenvalue weighted by atomic mass is 35.5. The molecule has 1 saturated carbocycles. The van der Waals surface area contributed by atoms with Gasteiger partial charge in [0.25, 0.3) is 0 Å². The fourth-order valence-electron chi connectivity index (χ4n) is 3.70. The second kappa shape index (κ2) is 5.30. The van der Waals surface area contributed by atoms with Crippen LogP contribution >= 0.6 is 23.2 Å². The normalized spacial score (nSPS) is 27.3. The Morgan fingerprint density at radius 3 is 2.83 bits per heavy atom. The highest BCUT2D eigenvalue weighted by Crippen LogP contribution is 2.41. The molecule has 1 heterocycles. The molecule has 2 atom stereocenters. The van der Waals surface area contributed by atoms with Gasteiger partial charge in [0.05, 0.1) is 5.88 Å². The summed E-state index contributed by atoms with van der Waals surface area (Å²) in [7, 11) is 0. The lowest BCUT2D eigenvalue weighted by atomic mass is 9.91. The number of alkyl halides is 1. The molecule has 3 rings (SSSR count). The third-order valence-electron chi connectivity index (χ3n) is 4.53. The number of anilines is 1. The first-order valence-corrected chi connectivity index (χ1v) is 7.82. The second-order valence-electron chi connectivity index (χ2n) is 5.47. The summed E-state index contributed by atoms with van der Waals surface area (Å²) in [5, 5.41) is 0.808. The fourth-order valence-corrected chi connectivity index (χ4v) is 4.29. The van der Waals surface area contributed by atoms with Crippen LogP contribution in [0.1, 0.15) is 37.7 Å². The van der Waals surface area contributed by atoms with Gasteiger partial charge < -0.3 is 4.90 Å². The van der Waals surface area contributed by atoms with Crippen LogP contribution in [0.15, 0.2) is 18.2 Å². The van der Waals surface area contributed by atoms with Gasteiger partial charge in [-0.3, -0.25) is 0 Å². The lowest BCUT2D eigenvalue weighted by molar-refractivity contribution is 0.362. The Morgan fingerprint density at radius 1 is 1.17 bits per heavy atom. The zero-order valence-corrected chi connectivity index (χ0v) is 12.1. The first-order valence-electron chi connectivity index (χ1n) is 6.91. The molecule has 0 bridgehead atoms. The Labute approximate surface area is 119 Å². The summed E-state index contributed by atoms with van der Waals surface area (Å²) in [5.41, 5.74) is 2.38. The smallest absolute Gasteiger partial charge is 0.0509 e. The van der Waals surface area contributed by atoms with E-state index >= 15 is 0 Å². The molecule has 98 valence electrons. The van der Waals surface area contributed by atoms with E-state index in [1.54, 1.807) is 0 Å². The molecule has 0 radical (unpaired) electrons. The largest absolute Gasteiger partial charge is 0.368 e. The van der Waals surface area contributed by atoms with Gasteiger partial charge in [-0.25, -0.2) is 0 Å². The molecule has 1 saturated heterocycles. The molecule has 1 aromatic carbocycles. The third-order valence-corrected chi connectivity index (χ3v) is 5.15. The predicted molar refractivity (Wildman–Crippen MR) is 78.7 cm³/mol. The van der Waals surface area contributed by atoms with Crippen molar-refractivity contribution in [2.45, 2.75) is 44.0 Å². The van der Waals surface area contributed by atoms with Crippen molar-refractivity contribution in [3.63, 3.8) is 0 Å². The van der Waals surface area contributed by atoms with E-state index in [4.69, 9.17) is 23.2 Å². The summed E-state index contributed by atoms with van der Waals surface area (Å²) in [5.74, 6) is 1.39. The van der Waals surface area contributed by atoms with Gasteiger partial charge in [0.2, 0.25) is 0 Å². The molecule has 1 nitrogen and oxygen atoms in total. The number of hydrogen-bond donors (Lipinski definition) is 0. The topological polar surface area (TPSA) is 3.24 Å². The molecule has 0 spiro atoms. The van der Waals surface area contributed by atoms with Gasteiger partial charge in [-0.2, -0.15) is 0 Å². The molecular formula is C15H19Cl2N. The van der Waals surface area contributed by atoms with Crippen LogP contribution in [0.4, 0.5) is 5.69 Å². The average molecular weight is 284 g/mol. The van der Waals surface area contributed by atoms with E-state index in [9.17, 15) is 0 Å². The maximum absolute atomic E-state index is 6.28. The highest BCUT2D eigenvalue weighted by Gasteiger charge is 2.35. The van der Waals surface area contributed by atoms with Gasteiger partial charge >= 0.3 is 0 Å². The van der Waals surface area contributed by atoms with Crippen LogP contribution in [0.25, 0.3) is 0 Å². The number of fused-ring (bicyclic) bond motifs is 1. The van der Waals surface area contributed by atoms with Crippen LogP contribution in [0.3, 0.4) is 0 Å². The van der Waals surface area contributed by atoms with Gasteiger partial charge in [-0.15, -0.1) is 11.6 Å². The summed E-state index contributed by atoms with van der Waals surface area (Å²) in [4.78, 5) is 2.57. The molecule has 0 amide bonds. The monoisotopic (exact) mass is 283 g/mol. The summed E-state index contributed by atoms with van der Waals surface area (Å²) in [6, 6.07) is 6.90. The molecule has 1 aliphatic heterocycles. The van der Waals surface area contributed by atoms with Crippen molar-refractivity contribution >= 4 is 28.9 Å². The molecule has 1 aliphatic carbocycles. The van der Waals surface area contributed by atoms with Crippen molar-refractivity contribution in [1.29, 1.82) is 0 Å². The molecule has 2 unspecified atom stereocenters. The van der Waals surface area contributed by atoms with Crippen LogP contribution < -0.4 is 4.90 Å². The van der Waals surface area contributed by atoms with Gasteiger partial charge in [-0.1, -0.05) is 24.1 Å². The molecule has 18 heavy (non-hydrogen) atoms. The molecular weight excluding hydrogens is 265 g/mol. The zero-order chi connectivity index (χ0) is 12.5. The minimum absolute atomic E-state index is 0.503. The molecule has 1 aromatic rings. The minimum Gasteiger partial charge on any atom is -0.368 e. The Bertz CT molecular complexity index is 433. The SMILES string of the molecule is ClCc1c(Cl)cccc1N1CCCC2CCCC21. The second-order valence-corrected chi connectivity index (χ2v) is 6.14. The maximum atomic E-state index is 6.28. The minimum atomic E-state index is 0.503. The van der Waals surface area contributed by atoms with Gasteiger partial charge in [0.1, 0.15) is 0 Å². The Hall–Kier alpha value is -0.400. The van der Waals surface area contributed by atoms with E-state index in [1.807, 2.05) is 12.1 Å². The number of benzene rings is 1. The van der Waals surface area contributed by atoms with Gasteiger partial charge in [-0.05, 0) is 43.7 Å². The number of halogens is 2. The lowest BCUT2D eigenvalue weighted by Crippen LogP contribution is -2.43. The Morgan fingerprint density at radius 2 is 2.00 bits per heavy atom. The highest BCUT2D eigenvalue weighted by molar-refractivity contribution is 6.32.